The van der Waals surface area contributed by atoms with Crippen molar-refractivity contribution in [1.29, 1.82) is 0 Å². The summed E-state index contributed by atoms with van der Waals surface area (Å²) in [5.74, 6) is 1.83. The summed E-state index contributed by atoms with van der Waals surface area (Å²) in [5.41, 5.74) is 3.24. The Hall–Kier alpha value is -3.08. The van der Waals surface area contributed by atoms with E-state index in [-0.39, 0.29) is 0 Å². The molecule has 26 heavy (non-hydrogen) atoms. The molecule has 1 aliphatic heterocycles. The number of hydrogen-bond donors (Lipinski definition) is 0. The molecule has 5 heteroatoms. The van der Waals surface area contributed by atoms with Crippen LogP contribution >= 0.6 is 0 Å². The number of methoxy groups -OCH3 is 1. The fourth-order valence-electron chi connectivity index (χ4n) is 3.24. The second kappa shape index (κ2) is 7.44. The number of benzene rings is 2. The van der Waals surface area contributed by atoms with Crippen LogP contribution in [0.25, 0.3) is 11.3 Å². The summed E-state index contributed by atoms with van der Waals surface area (Å²) >= 11 is 0. The van der Waals surface area contributed by atoms with Crippen LogP contribution < -0.4 is 14.5 Å². The molecule has 0 amide bonds. The van der Waals surface area contributed by atoms with E-state index in [4.69, 9.17) is 9.72 Å². The fraction of sp³-hybridized carbons (Fsp3) is 0.238. The minimum absolute atomic E-state index is 0.889. The first kappa shape index (κ1) is 16.4. The Morgan fingerprint density at radius 2 is 1.50 bits per heavy atom. The highest BCUT2D eigenvalue weighted by Crippen LogP contribution is 2.23. The van der Waals surface area contributed by atoms with Crippen LogP contribution in [0, 0.1) is 0 Å². The minimum atomic E-state index is 0.889. The van der Waals surface area contributed by atoms with Crippen molar-refractivity contribution in [3.63, 3.8) is 0 Å². The third-order valence-corrected chi connectivity index (χ3v) is 4.73. The van der Waals surface area contributed by atoms with E-state index in [1.54, 1.807) is 7.11 Å². The molecule has 3 aromatic rings. The molecule has 0 unspecified atom stereocenters. The monoisotopic (exact) mass is 346 g/mol. The summed E-state index contributed by atoms with van der Waals surface area (Å²) < 4.78 is 5.24. The first-order valence-electron chi connectivity index (χ1n) is 8.85. The third kappa shape index (κ3) is 3.47. The van der Waals surface area contributed by atoms with Gasteiger partial charge in [0, 0.05) is 37.4 Å². The van der Waals surface area contributed by atoms with Gasteiger partial charge in [-0.15, -0.1) is 0 Å². The maximum atomic E-state index is 5.24. The second-order valence-electron chi connectivity index (χ2n) is 6.30. The van der Waals surface area contributed by atoms with Crippen molar-refractivity contribution in [1.82, 2.24) is 9.97 Å². The molecular formula is C21H22N4O. The molecule has 5 nitrogen and oxygen atoms in total. The molecule has 1 saturated heterocycles. The van der Waals surface area contributed by atoms with Crippen LogP contribution in [0.15, 0.2) is 67.0 Å². The van der Waals surface area contributed by atoms with Gasteiger partial charge in [-0.05, 0) is 24.3 Å². The Balaban J connectivity index is 1.44. The molecule has 0 bridgehead atoms. The zero-order chi connectivity index (χ0) is 17.8. The van der Waals surface area contributed by atoms with E-state index in [0.29, 0.717) is 0 Å². The van der Waals surface area contributed by atoms with E-state index >= 15 is 0 Å². The van der Waals surface area contributed by atoms with Crippen LogP contribution in [0.4, 0.5) is 11.5 Å². The van der Waals surface area contributed by atoms with Crippen LogP contribution in [0.3, 0.4) is 0 Å². The van der Waals surface area contributed by atoms with Gasteiger partial charge in [0.05, 0.1) is 25.2 Å². The molecule has 0 saturated carbocycles. The maximum absolute atomic E-state index is 5.24. The smallest absolute Gasteiger partial charge is 0.147 e. The van der Waals surface area contributed by atoms with Crippen molar-refractivity contribution in [2.75, 3.05) is 43.1 Å². The maximum Gasteiger partial charge on any atom is 0.147 e. The van der Waals surface area contributed by atoms with E-state index in [2.05, 4.69) is 39.0 Å². The summed E-state index contributed by atoms with van der Waals surface area (Å²) in [5, 5.41) is 0. The normalized spacial score (nSPS) is 14.3. The summed E-state index contributed by atoms with van der Waals surface area (Å²) in [7, 11) is 1.69. The Morgan fingerprint density at radius 1 is 0.808 bits per heavy atom. The van der Waals surface area contributed by atoms with Gasteiger partial charge in [-0.1, -0.05) is 30.3 Å². The Morgan fingerprint density at radius 3 is 2.19 bits per heavy atom. The number of nitrogens with zero attached hydrogens (tertiary/aromatic N) is 4. The number of rotatable bonds is 4. The van der Waals surface area contributed by atoms with Crippen molar-refractivity contribution in [2.24, 2.45) is 0 Å². The number of aromatic nitrogens is 2. The van der Waals surface area contributed by atoms with E-state index in [0.717, 1.165) is 49.0 Å². The van der Waals surface area contributed by atoms with Gasteiger partial charge in [0.2, 0.25) is 0 Å². The lowest BCUT2D eigenvalue weighted by Crippen LogP contribution is -2.46. The molecule has 0 atom stereocenters. The minimum Gasteiger partial charge on any atom is -0.497 e. The van der Waals surface area contributed by atoms with Gasteiger partial charge in [-0.2, -0.15) is 0 Å². The van der Waals surface area contributed by atoms with Gasteiger partial charge in [-0.25, -0.2) is 4.98 Å². The van der Waals surface area contributed by atoms with Crippen LogP contribution in [0.1, 0.15) is 0 Å². The van der Waals surface area contributed by atoms with Gasteiger partial charge < -0.3 is 14.5 Å². The first-order valence-corrected chi connectivity index (χ1v) is 8.85. The van der Waals surface area contributed by atoms with Crippen LogP contribution in [-0.2, 0) is 0 Å². The molecule has 2 heterocycles. The topological polar surface area (TPSA) is 41.5 Å². The lowest BCUT2D eigenvalue weighted by molar-refractivity contribution is 0.415. The molecule has 132 valence electrons. The second-order valence-corrected chi connectivity index (χ2v) is 6.30. The van der Waals surface area contributed by atoms with E-state index < -0.39 is 0 Å². The molecular weight excluding hydrogens is 324 g/mol. The van der Waals surface area contributed by atoms with Gasteiger partial charge in [0.25, 0.3) is 0 Å². The molecule has 0 N–H and O–H groups in total. The van der Waals surface area contributed by atoms with Crippen LogP contribution in [-0.4, -0.2) is 43.3 Å². The average molecular weight is 346 g/mol. The van der Waals surface area contributed by atoms with Crippen LogP contribution in [0.5, 0.6) is 5.75 Å². The molecule has 0 aliphatic carbocycles. The highest BCUT2D eigenvalue weighted by molar-refractivity contribution is 5.60. The van der Waals surface area contributed by atoms with Crippen molar-refractivity contribution in [3.8, 4) is 17.0 Å². The van der Waals surface area contributed by atoms with Crippen LogP contribution in [0.2, 0.25) is 0 Å². The molecule has 2 aromatic carbocycles. The standard InChI is InChI=1S/C21H22N4O/c1-26-19-9-7-18(8-10-19)24-11-13-25(14-12-24)21-16-22-15-20(23-21)17-5-3-2-4-6-17/h2-10,15-16H,11-14H2,1H3. The zero-order valence-corrected chi connectivity index (χ0v) is 14.9. The molecule has 1 fully saturated rings. The first-order chi connectivity index (χ1) is 12.8. The van der Waals surface area contributed by atoms with E-state index in [1.807, 2.05) is 42.7 Å². The summed E-state index contributed by atoms with van der Waals surface area (Å²) in [6.45, 7) is 3.78. The third-order valence-electron chi connectivity index (χ3n) is 4.73. The number of anilines is 2. The largest absolute Gasteiger partial charge is 0.497 e. The summed E-state index contributed by atoms with van der Waals surface area (Å²) in [4.78, 5) is 13.9. The summed E-state index contributed by atoms with van der Waals surface area (Å²) in [6, 6.07) is 18.4. The highest BCUT2D eigenvalue weighted by Gasteiger charge is 2.19. The SMILES string of the molecule is COc1ccc(N2CCN(c3cncc(-c4ccccc4)n3)CC2)cc1. The Bertz CT molecular complexity index is 843. The van der Waals surface area contributed by atoms with Gasteiger partial charge in [0.15, 0.2) is 0 Å². The predicted octanol–water partition coefficient (Wildman–Crippen LogP) is 3.48. The Kier molecular flexibility index (Phi) is 4.69. The lowest BCUT2D eigenvalue weighted by atomic mass is 10.2. The average Bonchev–Trinajstić information content (AvgIpc) is 2.75. The lowest BCUT2D eigenvalue weighted by Gasteiger charge is -2.36. The van der Waals surface area contributed by atoms with Gasteiger partial charge in [0.1, 0.15) is 11.6 Å². The highest BCUT2D eigenvalue weighted by atomic mass is 16.5. The molecule has 1 aliphatic rings. The van der Waals surface area contributed by atoms with Gasteiger partial charge >= 0.3 is 0 Å². The molecule has 0 radical (unpaired) electrons. The quantitative estimate of drug-likeness (QED) is 0.723. The molecule has 1 aromatic heterocycles. The fourth-order valence-corrected chi connectivity index (χ4v) is 3.24. The van der Waals surface area contributed by atoms with Crippen molar-refractivity contribution in [2.45, 2.75) is 0 Å². The Labute approximate surface area is 153 Å². The van der Waals surface area contributed by atoms with E-state index in [9.17, 15) is 0 Å². The zero-order valence-electron chi connectivity index (χ0n) is 14.9. The van der Waals surface area contributed by atoms with Gasteiger partial charge in [-0.3, -0.25) is 4.98 Å². The number of piperazine rings is 1. The number of ether oxygens (including phenoxy) is 1. The predicted molar refractivity (Wildman–Crippen MR) is 105 cm³/mol. The number of hydrogen-bond acceptors (Lipinski definition) is 5. The van der Waals surface area contributed by atoms with Crippen molar-refractivity contribution in [3.05, 3.63) is 67.0 Å². The summed E-state index contributed by atoms with van der Waals surface area (Å²) in [6.07, 6.45) is 3.68. The van der Waals surface area contributed by atoms with Crippen molar-refractivity contribution >= 4 is 11.5 Å². The van der Waals surface area contributed by atoms with Crippen molar-refractivity contribution < 1.29 is 4.74 Å². The molecule has 4 rings (SSSR count). The molecule has 0 spiro atoms. The van der Waals surface area contributed by atoms with E-state index in [1.165, 1.54) is 5.69 Å².